The number of urea groups is 1. The highest BCUT2D eigenvalue weighted by Gasteiger charge is 2.20. The zero-order valence-electron chi connectivity index (χ0n) is 16.5. The van der Waals surface area contributed by atoms with Crippen LogP contribution in [0.1, 0.15) is 11.1 Å². The van der Waals surface area contributed by atoms with E-state index in [1.165, 1.54) is 0 Å². The van der Waals surface area contributed by atoms with Crippen molar-refractivity contribution in [3.8, 4) is 23.3 Å². The lowest BCUT2D eigenvalue weighted by Crippen LogP contribution is -2.27. The monoisotopic (exact) mass is 393 g/mol. The number of carbonyl (C=O) groups excluding carboxylic acids is 2. The quantitative estimate of drug-likeness (QED) is 0.735. The Bertz CT molecular complexity index is 945. The third-order valence-corrected chi connectivity index (χ3v) is 4.46. The van der Waals surface area contributed by atoms with E-state index in [0.29, 0.717) is 24.6 Å². The molecule has 150 valence electrons. The van der Waals surface area contributed by atoms with E-state index in [9.17, 15) is 9.59 Å². The van der Waals surface area contributed by atoms with E-state index < -0.39 is 0 Å². The Hall–Kier alpha value is -3.66. The van der Waals surface area contributed by atoms with Gasteiger partial charge in [0.05, 0.1) is 27.2 Å². The van der Waals surface area contributed by atoms with Crippen LogP contribution < -0.4 is 25.0 Å². The number of ether oxygens (including phenoxy) is 2. The van der Waals surface area contributed by atoms with Crippen molar-refractivity contribution in [2.45, 2.75) is 6.42 Å². The van der Waals surface area contributed by atoms with Gasteiger partial charge in [-0.25, -0.2) is 4.79 Å². The molecule has 2 aromatic rings. The van der Waals surface area contributed by atoms with Crippen molar-refractivity contribution < 1.29 is 19.1 Å². The molecule has 0 spiro atoms. The van der Waals surface area contributed by atoms with Gasteiger partial charge in [0.1, 0.15) is 0 Å². The minimum atomic E-state index is -0.123. The van der Waals surface area contributed by atoms with Gasteiger partial charge in [-0.1, -0.05) is 17.9 Å². The normalized spacial score (nSPS) is 12.6. The largest absolute Gasteiger partial charge is 0.493 e. The molecule has 0 aromatic heterocycles. The van der Waals surface area contributed by atoms with E-state index in [1.807, 2.05) is 30.3 Å². The van der Waals surface area contributed by atoms with Gasteiger partial charge >= 0.3 is 6.03 Å². The average Bonchev–Trinajstić information content (AvgIpc) is 3.17. The molecule has 2 N–H and O–H groups in total. The van der Waals surface area contributed by atoms with Crippen LogP contribution in [-0.2, 0) is 11.2 Å². The predicted octanol–water partition coefficient (Wildman–Crippen LogP) is 1.94. The lowest BCUT2D eigenvalue weighted by atomic mass is 10.1. The zero-order chi connectivity index (χ0) is 20.6. The van der Waals surface area contributed by atoms with Crippen molar-refractivity contribution in [1.82, 2.24) is 10.6 Å². The third-order valence-electron chi connectivity index (χ3n) is 4.46. The summed E-state index contributed by atoms with van der Waals surface area (Å²) in [6.45, 7) is 1.57. The summed E-state index contributed by atoms with van der Waals surface area (Å²) in [4.78, 5) is 25.5. The van der Waals surface area contributed by atoms with Gasteiger partial charge in [-0.2, -0.15) is 0 Å². The summed E-state index contributed by atoms with van der Waals surface area (Å²) in [5.41, 5.74) is 2.49. The van der Waals surface area contributed by atoms with E-state index in [0.717, 1.165) is 16.8 Å². The van der Waals surface area contributed by atoms with Crippen LogP contribution in [0, 0.1) is 11.8 Å². The number of hydrogen-bond donors (Lipinski definition) is 2. The Morgan fingerprint density at radius 1 is 1.14 bits per heavy atom. The number of carbonyl (C=O) groups is 2. The maximum Gasteiger partial charge on any atom is 0.321 e. The molecule has 1 fully saturated rings. The van der Waals surface area contributed by atoms with Crippen LogP contribution in [0.25, 0.3) is 0 Å². The summed E-state index contributed by atoms with van der Waals surface area (Å²) in [5, 5.41) is 5.55. The first-order valence-electron chi connectivity index (χ1n) is 9.22. The Kier molecular flexibility index (Phi) is 6.59. The SMILES string of the molecule is COc1ccc(CC(=O)NCC#Cc2ccc(N3CCNC3=O)cc2)cc1OC. The maximum atomic E-state index is 12.1. The molecule has 3 amide bonds. The summed E-state index contributed by atoms with van der Waals surface area (Å²) in [6.07, 6.45) is 0.231. The molecule has 3 rings (SSSR count). The second-order valence-electron chi connectivity index (χ2n) is 6.38. The van der Waals surface area contributed by atoms with Crippen molar-refractivity contribution in [2.24, 2.45) is 0 Å². The molecular formula is C22H23N3O4. The molecule has 0 aliphatic carbocycles. The molecule has 0 atom stereocenters. The fourth-order valence-corrected chi connectivity index (χ4v) is 2.97. The number of hydrogen-bond acceptors (Lipinski definition) is 4. The number of anilines is 1. The molecule has 29 heavy (non-hydrogen) atoms. The molecule has 2 aromatic carbocycles. The van der Waals surface area contributed by atoms with Gasteiger partial charge in [-0.3, -0.25) is 9.69 Å². The van der Waals surface area contributed by atoms with Crippen LogP contribution in [0.2, 0.25) is 0 Å². The van der Waals surface area contributed by atoms with E-state index >= 15 is 0 Å². The van der Waals surface area contributed by atoms with Crippen molar-refractivity contribution in [3.05, 3.63) is 53.6 Å². The molecule has 0 saturated carbocycles. The molecule has 1 heterocycles. The maximum absolute atomic E-state index is 12.1. The van der Waals surface area contributed by atoms with Crippen LogP contribution in [0.3, 0.4) is 0 Å². The first kappa shape index (κ1) is 20.1. The Labute approximate surface area is 170 Å². The number of methoxy groups -OCH3 is 2. The van der Waals surface area contributed by atoms with Gasteiger partial charge in [0.15, 0.2) is 11.5 Å². The molecular weight excluding hydrogens is 370 g/mol. The first-order valence-corrected chi connectivity index (χ1v) is 9.22. The average molecular weight is 393 g/mol. The summed E-state index contributed by atoms with van der Waals surface area (Å²) < 4.78 is 10.4. The van der Waals surface area contributed by atoms with E-state index in [1.54, 1.807) is 31.3 Å². The molecule has 7 nitrogen and oxygen atoms in total. The number of rotatable bonds is 6. The van der Waals surface area contributed by atoms with Crippen LogP contribution in [0.5, 0.6) is 11.5 Å². The van der Waals surface area contributed by atoms with E-state index in [4.69, 9.17) is 9.47 Å². The number of amides is 3. The van der Waals surface area contributed by atoms with Crippen molar-refractivity contribution >= 4 is 17.6 Å². The van der Waals surface area contributed by atoms with E-state index in [2.05, 4.69) is 22.5 Å². The van der Waals surface area contributed by atoms with E-state index in [-0.39, 0.29) is 24.9 Å². The van der Waals surface area contributed by atoms with Gasteiger partial charge in [0, 0.05) is 24.3 Å². The van der Waals surface area contributed by atoms with Gasteiger partial charge < -0.3 is 20.1 Å². The molecule has 0 bridgehead atoms. The van der Waals surface area contributed by atoms with Crippen LogP contribution >= 0.6 is 0 Å². The molecule has 1 aliphatic rings. The van der Waals surface area contributed by atoms with Crippen molar-refractivity contribution in [3.63, 3.8) is 0 Å². The zero-order valence-corrected chi connectivity index (χ0v) is 16.5. The summed E-state index contributed by atoms with van der Waals surface area (Å²) >= 11 is 0. The van der Waals surface area contributed by atoms with Gasteiger partial charge in [-0.05, 0) is 42.0 Å². The summed E-state index contributed by atoms with van der Waals surface area (Å²) in [6, 6.07) is 12.8. The Morgan fingerprint density at radius 2 is 1.90 bits per heavy atom. The Morgan fingerprint density at radius 3 is 2.55 bits per heavy atom. The number of nitrogens with zero attached hydrogens (tertiary/aromatic N) is 1. The fourth-order valence-electron chi connectivity index (χ4n) is 2.97. The Balaban J connectivity index is 1.49. The minimum Gasteiger partial charge on any atom is -0.493 e. The van der Waals surface area contributed by atoms with Crippen LogP contribution in [0.4, 0.5) is 10.5 Å². The lowest BCUT2D eigenvalue weighted by Gasteiger charge is -2.13. The van der Waals surface area contributed by atoms with Gasteiger partial charge in [0.2, 0.25) is 5.91 Å². The summed E-state index contributed by atoms with van der Waals surface area (Å²) in [5.74, 6) is 7.03. The molecule has 7 heteroatoms. The van der Waals surface area contributed by atoms with Crippen molar-refractivity contribution in [1.29, 1.82) is 0 Å². The second-order valence-corrected chi connectivity index (χ2v) is 6.38. The fraction of sp³-hybridized carbons (Fsp3) is 0.273. The molecule has 0 unspecified atom stereocenters. The predicted molar refractivity (Wildman–Crippen MR) is 110 cm³/mol. The van der Waals surface area contributed by atoms with Gasteiger partial charge in [0.25, 0.3) is 0 Å². The lowest BCUT2D eigenvalue weighted by molar-refractivity contribution is -0.120. The topological polar surface area (TPSA) is 79.9 Å². The summed E-state index contributed by atoms with van der Waals surface area (Å²) in [7, 11) is 3.13. The van der Waals surface area contributed by atoms with Crippen LogP contribution in [-0.4, -0.2) is 45.8 Å². The van der Waals surface area contributed by atoms with Gasteiger partial charge in [-0.15, -0.1) is 0 Å². The smallest absolute Gasteiger partial charge is 0.321 e. The standard InChI is InChI=1S/C22H23N3O4/c1-28-19-10-7-17(14-20(19)29-2)15-21(26)23-11-3-4-16-5-8-18(9-6-16)25-13-12-24-22(25)27/h5-10,14H,11-13,15H2,1-2H3,(H,23,26)(H,24,27). The molecule has 1 saturated heterocycles. The number of benzene rings is 2. The molecule has 0 radical (unpaired) electrons. The minimum absolute atomic E-state index is 0.0824. The molecule has 1 aliphatic heterocycles. The highest BCUT2D eigenvalue weighted by atomic mass is 16.5. The highest BCUT2D eigenvalue weighted by molar-refractivity contribution is 5.94. The third kappa shape index (κ3) is 5.20. The van der Waals surface area contributed by atoms with Crippen molar-refractivity contribution in [2.75, 3.05) is 38.8 Å². The van der Waals surface area contributed by atoms with Crippen LogP contribution in [0.15, 0.2) is 42.5 Å². The second kappa shape index (κ2) is 9.51. The first-order chi connectivity index (χ1) is 14.1. The highest BCUT2D eigenvalue weighted by Crippen LogP contribution is 2.27. The number of nitrogens with one attached hydrogen (secondary N) is 2.